The van der Waals surface area contributed by atoms with Gasteiger partial charge in [-0.3, -0.25) is 4.79 Å². The molecule has 0 amide bonds. The van der Waals surface area contributed by atoms with Crippen LogP contribution in [-0.2, 0) is 14.3 Å². The summed E-state index contributed by atoms with van der Waals surface area (Å²) < 4.78 is 16.6. The number of allylic oxidation sites excluding steroid dienone is 3. The third kappa shape index (κ3) is 5.36. The van der Waals surface area contributed by atoms with Crippen LogP contribution in [0, 0.1) is 0 Å². The molecule has 3 atom stereocenters. The molecule has 0 saturated carbocycles. The zero-order valence-corrected chi connectivity index (χ0v) is 22.1. The van der Waals surface area contributed by atoms with E-state index in [9.17, 15) is 14.7 Å². The van der Waals surface area contributed by atoms with Gasteiger partial charge in [0.2, 0.25) is 0 Å². The molecule has 4 rings (SSSR count). The second kappa shape index (κ2) is 11.1. The summed E-state index contributed by atoms with van der Waals surface area (Å²) in [6, 6.07) is 12.8. The van der Waals surface area contributed by atoms with Gasteiger partial charge in [0.15, 0.2) is 17.3 Å². The molecule has 0 aromatic heterocycles. The zero-order valence-electron chi connectivity index (χ0n) is 22.1. The van der Waals surface area contributed by atoms with Crippen molar-refractivity contribution in [2.75, 3.05) is 13.7 Å². The summed E-state index contributed by atoms with van der Waals surface area (Å²) in [6.45, 7) is 7.85. The van der Waals surface area contributed by atoms with E-state index >= 15 is 0 Å². The van der Waals surface area contributed by atoms with Crippen LogP contribution < -0.4 is 14.8 Å². The highest BCUT2D eigenvalue weighted by Crippen LogP contribution is 2.47. The number of methoxy groups -OCH3 is 1. The van der Waals surface area contributed by atoms with Crippen LogP contribution in [0.5, 0.6) is 17.2 Å². The topological polar surface area (TPSA) is 94.1 Å². The molecule has 2 aromatic carbocycles. The van der Waals surface area contributed by atoms with Crippen molar-refractivity contribution in [3.8, 4) is 17.2 Å². The summed E-state index contributed by atoms with van der Waals surface area (Å²) in [5.74, 6) is -0.0104. The molecule has 0 radical (unpaired) electrons. The first-order valence-corrected chi connectivity index (χ1v) is 12.8. The van der Waals surface area contributed by atoms with Crippen molar-refractivity contribution in [2.24, 2.45) is 0 Å². The number of carbonyl (C=O) groups excluding carboxylic acids is 2. The molecule has 7 heteroatoms. The number of hydrogen-bond acceptors (Lipinski definition) is 7. The van der Waals surface area contributed by atoms with Gasteiger partial charge in [-0.25, -0.2) is 4.79 Å². The van der Waals surface area contributed by atoms with Crippen LogP contribution in [0.2, 0.25) is 0 Å². The third-order valence-corrected chi connectivity index (χ3v) is 7.13. The smallest absolute Gasteiger partial charge is 0.337 e. The summed E-state index contributed by atoms with van der Waals surface area (Å²) in [4.78, 5) is 27.2. The van der Waals surface area contributed by atoms with Gasteiger partial charge in [-0.15, -0.1) is 0 Å². The standard InChI is InChI=1S/C30H35NO6/c1-6-17(3)37-30(34)27-18(4)31-23-14-21(19-8-11-22(35-5)12-9-19)15-25(33)29(23)28(27)20-10-13-24(32)26(16-20)36-7-2/h8-13,16-17,21,28,31-32H,6-7,14-15H2,1-5H3/t17-,21-,28-/m1/s1. The minimum Gasteiger partial charge on any atom is -0.504 e. The van der Waals surface area contributed by atoms with Crippen LogP contribution in [0.1, 0.15) is 69.9 Å². The van der Waals surface area contributed by atoms with Crippen molar-refractivity contribution in [3.63, 3.8) is 0 Å². The third-order valence-electron chi connectivity index (χ3n) is 7.13. The number of phenolic OH excluding ortho intramolecular Hbond substituents is 1. The number of nitrogens with one attached hydrogen (secondary N) is 1. The summed E-state index contributed by atoms with van der Waals surface area (Å²) in [7, 11) is 1.63. The number of ether oxygens (including phenoxy) is 3. The number of hydrogen-bond donors (Lipinski definition) is 2. The molecule has 2 aliphatic rings. The minimum absolute atomic E-state index is 0.00512. The average Bonchev–Trinajstić information content (AvgIpc) is 2.89. The largest absolute Gasteiger partial charge is 0.504 e. The number of aromatic hydroxyl groups is 1. The van der Waals surface area contributed by atoms with Crippen molar-refractivity contribution in [1.82, 2.24) is 5.32 Å². The summed E-state index contributed by atoms with van der Waals surface area (Å²) in [5, 5.41) is 13.7. The molecule has 0 fully saturated rings. The zero-order chi connectivity index (χ0) is 26.7. The van der Waals surface area contributed by atoms with Crippen molar-refractivity contribution in [1.29, 1.82) is 0 Å². The highest BCUT2D eigenvalue weighted by molar-refractivity contribution is 6.04. The minimum atomic E-state index is -0.628. The number of benzene rings is 2. The summed E-state index contributed by atoms with van der Waals surface area (Å²) in [5.41, 5.74) is 4.20. The van der Waals surface area contributed by atoms with Crippen LogP contribution in [0.3, 0.4) is 0 Å². The fourth-order valence-corrected chi connectivity index (χ4v) is 5.07. The van der Waals surface area contributed by atoms with E-state index in [2.05, 4.69) is 5.32 Å². The number of dihydropyridines is 1. The number of Topliss-reactive ketones (excluding diaryl/α,β-unsaturated/α-hetero) is 1. The second-order valence-corrected chi connectivity index (χ2v) is 9.57. The Morgan fingerprint density at radius 3 is 2.46 bits per heavy atom. The second-order valence-electron chi connectivity index (χ2n) is 9.57. The van der Waals surface area contributed by atoms with Gasteiger partial charge in [0.1, 0.15) is 5.75 Å². The average molecular weight is 506 g/mol. The van der Waals surface area contributed by atoms with Gasteiger partial charge in [0.05, 0.1) is 25.4 Å². The normalized spacial score (nSPS) is 20.2. The van der Waals surface area contributed by atoms with Crippen LogP contribution in [0.15, 0.2) is 65.0 Å². The molecular formula is C30H35NO6. The lowest BCUT2D eigenvalue weighted by molar-refractivity contribution is -0.144. The molecule has 37 heavy (non-hydrogen) atoms. The molecule has 1 aliphatic carbocycles. The Labute approximate surface area is 218 Å². The maximum Gasteiger partial charge on any atom is 0.337 e. The van der Waals surface area contributed by atoms with E-state index in [1.54, 1.807) is 25.3 Å². The molecule has 7 nitrogen and oxygen atoms in total. The highest BCUT2D eigenvalue weighted by atomic mass is 16.5. The van der Waals surface area contributed by atoms with Crippen molar-refractivity contribution < 1.29 is 28.9 Å². The molecule has 1 aliphatic heterocycles. The van der Waals surface area contributed by atoms with E-state index in [0.29, 0.717) is 54.0 Å². The quantitative estimate of drug-likeness (QED) is 0.457. The van der Waals surface area contributed by atoms with Crippen molar-refractivity contribution in [2.45, 2.75) is 64.9 Å². The molecular weight excluding hydrogens is 470 g/mol. The van der Waals surface area contributed by atoms with Crippen molar-refractivity contribution >= 4 is 11.8 Å². The van der Waals surface area contributed by atoms with E-state index < -0.39 is 11.9 Å². The van der Waals surface area contributed by atoms with E-state index in [-0.39, 0.29) is 23.6 Å². The fraction of sp³-hybridized carbons (Fsp3) is 0.400. The Bertz CT molecular complexity index is 1240. The summed E-state index contributed by atoms with van der Waals surface area (Å²) >= 11 is 0. The van der Waals surface area contributed by atoms with Gasteiger partial charge in [-0.1, -0.05) is 25.1 Å². The van der Waals surface area contributed by atoms with E-state index in [0.717, 1.165) is 17.0 Å². The Morgan fingerprint density at radius 1 is 1.11 bits per heavy atom. The number of ketones is 1. The number of esters is 1. The maximum atomic E-state index is 13.8. The van der Waals surface area contributed by atoms with Gasteiger partial charge in [-0.05, 0) is 74.9 Å². The Morgan fingerprint density at radius 2 is 1.81 bits per heavy atom. The first-order chi connectivity index (χ1) is 17.8. The van der Waals surface area contributed by atoms with E-state index in [4.69, 9.17) is 14.2 Å². The van der Waals surface area contributed by atoms with Crippen LogP contribution >= 0.6 is 0 Å². The first-order valence-electron chi connectivity index (χ1n) is 12.8. The molecule has 196 valence electrons. The molecule has 1 heterocycles. The molecule has 0 saturated heterocycles. The molecule has 0 bridgehead atoms. The first kappa shape index (κ1) is 26.3. The van der Waals surface area contributed by atoms with Gasteiger partial charge in [0.25, 0.3) is 0 Å². The van der Waals surface area contributed by atoms with Gasteiger partial charge < -0.3 is 24.6 Å². The summed E-state index contributed by atoms with van der Waals surface area (Å²) in [6.07, 6.45) is 1.38. The fourth-order valence-electron chi connectivity index (χ4n) is 5.07. The maximum absolute atomic E-state index is 13.8. The molecule has 2 N–H and O–H groups in total. The molecule has 0 spiro atoms. The van der Waals surface area contributed by atoms with Crippen molar-refractivity contribution in [3.05, 3.63) is 76.1 Å². The Kier molecular flexibility index (Phi) is 7.91. The lowest BCUT2D eigenvalue weighted by atomic mass is 9.71. The van der Waals surface area contributed by atoms with E-state index in [1.165, 1.54) is 0 Å². The molecule has 2 aromatic rings. The predicted octanol–water partition coefficient (Wildman–Crippen LogP) is 5.50. The van der Waals surface area contributed by atoms with Crippen LogP contribution in [0.4, 0.5) is 0 Å². The highest BCUT2D eigenvalue weighted by Gasteiger charge is 2.42. The molecule has 0 unspecified atom stereocenters. The van der Waals surface area contributed by atoms with Gasteiger partial charge in [0, 0.05) is 29.3 Å². The monoisotopic (exact) mass is 505 g/mol. The number of carbonyl (C=O) groups is 2. The van der Waals surface area contributed by atoms with Crippen LogP contribution in [-0.4, -0.2) is 36.7 Å². The van der Waals surface area contributed by atoms with Crippen LogP contribution in [0.25, 0.3) is 0 Å². The van der Waals surface area contributed by atoms with E-state index in [1.807, 2.05) is 52.0 Å². The van der Waals surface area contributed by atoms with Gasteiger partial charge >= 0.3 is 5.97 Å². The number of rotatable bonds is 8. The Balaban J connectivity index is 1.79. The lowest BCUT2D eigenvalue weighted by Crippen LogP contribution is -2.36. The number of phenols is 1. The lowest BCUT2D eigenvalue weighted by Gasteiger charge is -2.37. The SMILES string of the molecule is CCOc1cc([C@@H]2C(C(=O)O[C@H](C)CC)=C(C)NC3=C2C(=O)C[C@H](c2ccc(OC)cc2)C3)ccc1O. The van der Waals surface area contributed by atoms with Gasteiger partial charge in [-0.2, -0.15) is 0 Å². The predicted molar refractivity (Wildman–Crippen MR) is 141 cm³/mol. The Hall–Kier alpha value is -3.74.